The Morgan fingerprint density at radius 2 is 1.62 bits per heavy atom. The molecule has 6 heteroatoms. The van der Waals surface area contributed by atoms with Crippen molar-refractivity contribution < 1.29 is 19.1 Å². The van der Waals surface area contributed by atoms with Crippen molar-refractivity contribution >= 4 is 23.0 Å². The molecule has 6 nitrogen and oxygen atoms in total. The van der Waals surface area contributed by atoms with Crippen LogP contribution in [0.25, 0.3) is 22.0 Å². The molecule has 0 spiro atoms. The second-order valence-corrected chi connectivity index (χ2v) is 11.4. The van der Waals surface area contributed by atoms with Gasteiger partial charge in [-0.2, -0.15) is 0 Å². The van der Waals surface area contributed by atoms with Crippen LogP contribution in [0.5, 0.6) is 0 Å². The van der Waals surface area contributed by atoms with Gasteiger partial charge in [-0.05, 0) is 80.0 Å². The number of carbonyl (C=O) groups excluding carboxylic acids is 2. The minimum atomic E-state index is -0.828. The fourth-order valence-corrected chi connectivity index (χ4v) is 5.50. The van der Waals surface area contributed by atoms with Crippen molar-refractivity contribution in [3.8, 4) is 11.1 Å². The number of fused-ring (bicyclic) bond motifs is 4. The first kappa shape index (κ1) is 26.5. The second-order valence-electron chi connectivity index (χ2n) is 11.4. The predicted molar refractivity (Wildman–Crippen MR) is 154 cm³/mol. The summed E-state index contributed by atoms with van der Waals surface area (Å²) in [5.41, 5.74) is 7.40. The van der Waals surface area contributed by atoms with Crippen LogP contribution in [0.15, 0.2) is 72.9 Å². The van der Waals surface area contributed by atoms with Gasteiger partial charge in [0.1, 0.15) is 18.2 Å². The van der Waals surface area contributed by atoms with Gasteiger partial charge in [-0.25, -0.2) is 9.59 Å². The summed E-state index contributed by atoms with van der Waals surface area (Å²) in [7, 11) is 2.03. The Bertz CT molecular complexity index is 1480. The number of benzene rings is 3. The zero-order valence-corrected chi connectivity index (χ0v) is 23.3. The molecule has 1 atom stereocenters. The van der Waals surface area contributed by atoms with E-state index < -0.39 is 23.7 Å². The largest absolute Gasteiger partial charge is 0.458 e. The van der Waals surface area contributed by atoms with Gasteiger partial charge in [0.15, 0.2) is 0 Å². The molecule has 1 amide bonds. The fourth-order valence-electron chi connectivity index (χ4n) is 5.50. The van der Waals surface area contributed by atoms with Gasteiger partial charge in [-0.3, -0.25) is 0 Å². The maximum absolute atomic E-state index is 13.1. The summed E-state index contributed by atoms with van der Waals surface area (Å²) in [6, 6.07) is 21.9. The maximum Gasteiger partial charge on any atom is 0.407 e. The Hall–Kier alpha value is -4.06. The average Bonchev–Trinajstić information content (AvgIpc) is 3.37. The molecule has 0 radical (unpaired) electrons. The van der Waals surface area contributed by atoms with Gasteiger partial charge in [0.2, 0.25) is 0 Å². The van der Waals surface area contributed by atoms with Crippen molar-refractivity contribution in [3.63, 3.8) is 0 Å². The third-order valence-corrected chi connectivity index (χ3v) is 7.30. The molecule has 0 bridgehead atoms. The number of aryl methyl sites for hydroxylation is 3. The van der Waals surface area contributed by atoms with Gasteiger partial charge in [0.05, 0.1) is 0 Å². The summed E-state index contributed by atoms with van der Waals surface area (Å²) in [5.74, 6) is -0.518. The minimum Gasteiger partial charge on any atom is -0.458 e. The number of nitrogens with one attached hydrogen (secondary N) is 1. The summed E-state index contributed by atoms with van der Waals surface area (Å²) in [5, 5.41) is 4.00. The molecule has 3 aromatic carbocycles. The van der Waals surface area contributed by atoms with Crippen LogP contribution in [0, 0.1) is 6.92 Å². The molecule has 0 saturated carbocycles. The Morgan fingerprint density at radius 3 is 2.26 bits per heavy atom. The third-order valence-electron chi connectivity index (χ3n) is 7.30. The van der Waals surface area contributed by atoms with E-state index in [0.29, 0.717) is 12.8 Å². The highest BCUT2D eigenvalue weighted by atomic mass is 16.6. The van der Waals surface area contributed by atoms with Crippen LogP contribution in [-0.2, 0) is 27.7 Å². The van der Waals surface area contributed by atoms with Crippen LogP contribution in [0.1, 0.15) is 55.4 Å². The van der Waals surface area contributed by atoms with E-state index in [2.05, 4.69) is 65.5 Å². The molecule has 0 aliphatic heterocycles. The quantitative estimate of drug-likeness (QED) is 0.274. The molecule has 1 aliphatic carbocycles. The average molecular weight is 525 g/mol. The van der Waals surface area contributed by atoms with E-state index in [4.69, 9.17) is 9.47 Å². The Balaban J connectivity index is 1.28. The van der Waals surface area contributed by atoms with E-state index >= 15 is 0 Å². The first-order valence-corrected chi connectivity index (χ1v) is 13.5. The molecular formula is C33H36N2O4. The number of rotatable bonds is 7. The topological polar surface area (TPSA) is 69.6 Å². The summed E-state index contributed by atoms with van der Waals surface area (Å²) < 4.78 is 13.5. The number of hydrogen-bond acceptors (Lipinski definition) is 4. The van der Waals surface area contributed by atoms with E-state index in [1.807, 2.05) is 52.1 Å². The number of carbonyl (C=O) groups is 2. The van der Waals surface area contributed by atoms with E-state index in [0.717, 1.165) is 22.2 Å². The van der Waals surface area contributed by atoms with Gasteiger partial charge in [-0.1, -0.05) is 60.7 Å². The zero-order valence-electron chi connectivity index (χ0n) is 23.3. The highest BCUT2D eigenvalue weighted by Gasteiger charge is 2.31. The molecule has 39 heavy (non-hydrogen) atoms. The Kier molecular flexibility index (Phi) is 7.21. The maximum atomic E-state index is 13.1. The molecular weight excluding hydrogens is 488 g/mol. The molecule has 4 aromatic rings. The summed E-state index contributed by atoms with van der Waals surface area (Å²) in [6.07, 6.45) is 2.49. The highest BCUT2D eigenvalue weighted by molar-refractivity contribution is 5.85. The Labute approximate surface area is 229 Å². The summed E-state index contributed by atoms with van der Waals surface area (Å²) >= 11 is 0. The van der Waals surface area contributed by atoms with Crippen LogP contribution >= 0.6 is 0 Å². The molecule has 0 fully saturated rings. The van der Waals surface area contributed by atoms with Crippen LogP contribution in [0.3, 0.4) is 0 Å². The van der Waals surface area contributed by atoms with Gasteiger partial charge in [0, 0.05) is 30.1 Å². The Morgan fingerprint density at radius 1 is 0.974 bits per heavy atom. The van der Waals surface area contributed by atoms with Gasteiger partial charge < -0.3 is 19.4 Å². The molecule has 1 unspecified atom stereocenters. The van der Waals surface area contributed by atoms with Crippen LogP contribution < -0.4 is 5.32 Å². The van der Waals surface area contributed by atoms with Crippen molar-refractivity contribution in [2.24, 2.45) is 7.05 Å². The van der Waals surface area contributed by atoms with E-state index in [9.17, 15) is 9.59 Å². The van der Waals surface area contributed by atoms with Crippen LogP contribution in [0.4, 0.5) is 4.79 Å². The lowest BCUT2D eigenvalue weighted by Gasteiger charge is -2.25. The van der Waals surface area contributed by atoms with E-state index in [1.165, 1.54) is 22.1 Å². The number of esters is 1. The molecule has 1 N–H and O–H groups in total. The van der Waals surface area contributed by atoms with E-state index in [-0.39, 0.29) is 12.5 Å². The zero-order chi connectivity index (χ0) is 27.7. The third kappa shape index (κ3) is 5.70. The van der Waals surface area contributed by atoms with Crippen LogP contribution in [0.2, 0.25) is 0 Å². The number of aromatic nitrogens is 1. The van der Waals surface area contributed by atoms with Crippen molar-refractivity contribution in [3.05, 3.63) is 95.2 Å². The number of hydrogen-bond donors (Lipinski definition) is 1. The van der Waals surface area contributed by atoms with Crippen molar-refractivity contribution in [1.82, 2.24) is 9.88 Å². The van der Waals surface area contributed by atoms with Crippen molar-refractivity contribution in [2.45, 2.75) is 58.1 Å². The standard InChI is InChI=1S/C33H36N2O4/c1-21-19-35(5)30-18-22(14-16-23(21)30)15-17-29(31(36)39-33(2,3)4)34-32(37)38-20-28-26-12-8-6-10-24(26)25-11-7-9-13-27(25)28/h6-14,16,18-19,28-29H,15,17,20H2,1-5H3,(H,34,37). The van der Waals surface area contributed by atoms with Crippen LogP contribution in [-0.4, -0.2) is 34.9 Å². The monoisotopic (exact) mass is 524 g/mol. The lowest BCUT2D eigenvalue weighted by Crippen LogP contribution is -2.45. The normalized spacial score (nSPS) is 13.6. The number of nitrogens with zero attached hydrogens (tertiary/aromatic N) is 1. The van der Waals surface area contributed by atoms with Crippen molar-refractivity contribution in [2.75, 3.05) is 6.61 Å². The minimum absolute atomic E-state index is 0.0522. The molecule has 5 rings (SSSR count). The van der Waals surface area contributed by atoms with Gasteiger partial charge in [-0.15, -0.1) is 0 Å². The summed E-state index contributed by atoms with van der Waals surface area (Å²) in [6.45, 7) is 7.74. The number of ether oxygens (including phenoxy) is 2. The molecule has 1 aliphatic rings. The van der Waals surface area contributed by atoms with Gasteiger partial charge >= 0.3 is 12.1 Å². The molecule has 1 heterocycles. The lowest BCUT2D eigenvalue weighted by atomic mass is 9.98. The lowest BCUT2D eigenvalue weighted by molar-refractivity contribution is -0.157. The first-order chi connectivity index (χ1) is 18.6. The van der Waals surface area contributed by atoms with E-state index in [1.54, 1.807) is 0 Å². The number of amides is 1. The molecule has 0 saturated heterocycles. The van der Waals surface area contributed by atoms with Gasteiger partial charge in [0.25, 0.3) is 0 Å². The highest BCUT2D eigenvalue weighted by Crippen LogP contribution is 2.44. The molecule has 1 aromatic heterocycles. The summed E-state index contributed by atoms with van der Waals surface area (Å²) in [4.78, 5) is 26.1. The SMILES string of the molecule is Cc1cn(C)c2cc(CCC(NC(=O)OCC3c4ccccc4-c4ccccc43)C(=O)OC(C)(C)C)ccc12. The fraction of sp³-hybridized carbons (Fsp3) is 0.333. The number of alkyl carbamates (subject to hydrolysis) is 1. The molecule has 202 valence electrons. The predicted octanol–water partition coefficient (Wildman–Crippen LogP) is 6.67. The smallest absolute Gasteiger partial charge is 0.407 e. The first-order valence-electron chi connectivity index (χ1n) is 13.5. The van der Waals surface area contributed by atoms with Crippen molar-refractivity contribution in [1.29, 1.82) is 0 Å². The second kappa shape index (κ2) is 10.6.